The van der Waals surface area contributed by atoms with Gasteiger partial charge in [0.1, 0.15) is 5.75 Å². The van der Waals surface area contributed by atoms with Gasteiger partial charge in [0.25, 0.3) is 0 Å². The lowest BCUT2D eigenvalue weighted by Crippen LogP contribution is -2.16. The molecular formula is C15H13BrCl2N2O. The summed E-state index contributed by atoms with van der Waals surface area (Å²) in [6.07, 6.45) is 4.18. The minimum Gasteiger partial charge on any atom is -0.437 e. The quantitative estimate of drug-likeness (QED) is 0.765. The van der Waals surface area contributed by atoms with Crippen LogP contribution in [0, 0.1) is 0 Å². The molecule has 0 saturated heterocycles. The Kier molecular flexibility index (Phi) is 4.69. The molecule has 1 aliphatic carbocycles. The number of hydrogen-bond acceptors (Lipinski definition) is 3. The van der Waals surface area contributed by atoms with Gasteiger partial charge in [-0.3, -0.25) is 0 Å². The molecule has 3 nitrogen and oxygen atoms in total. The highest BCUT2D eigenvalue weighted by Gasteiger charge is 2.21. The van der Waals surface area contributed by atoms with Crippen molar-refractivity contribution in [3.8, 4) is 11.6 Å². The fourth-order valence-corrected chi connectivity index (χ4v) is 2.72. The molecule has 0 bridgehead atoms. The molecule has 1 aliphatic rings. The number of hydrogen-bond donors (Lipinski definition) is 1. The normalized spacial score (nSPS) is 14.2. The molecule has 1 fully saturated rings. The van der Waals surface area contributed by atoms with Crippen LogP contribution in [0.3, 0.4) is 0 Å². The lowest BCUT2D eigenvalue weighted by Gasteiger charge is -2.12. The van der Waals surface area contributed by atoms with Crippen molar-refractivity contribution < 1.29 is 4.74 Å². The second-order valence-electron chi connectivity index (χ2n) is 4.95. The first-order valence-electron chi connectivity index (χ1n) is 6.62. The Balaban J connectivity index is 1.82. The molecule has 0 aliphatic heterocycles. The van der Waals surface area contributed by atoms with Crippen LogP contribution in [0.25, 0.3) is 0 Å². The van der Waals surface area contributed by atoms with E-state index in [9.17, 15) is 0 Å². The number of nitrogens with zero attached hydrogens (tertiary/aromatic N) is 1. The molecule has 0 unspecified atom stereocenters. The second-order valence-corrected chi connectivity index (χ2v) is 6.71. The van der Waals surface area contributed by atoms with Gasteiger partial charge in [-0.15, -0.1) is 0 Å². The fourth-order valence-electron chi connectivity index (χ4n) is 1.89. The molecule has 0 radical (unpaired) electrons. The van der Waals surface area contributed by atoms with Gasteiger partial charge in [-0.25, -0.2) is 4.98 Å². The van der Waals surface area contributed by atoms with Crippen LogP contribution in [-0.4, -0.2) is 11.0 Å². The molecule has 1 saturated carbocycles. The standard InChI is InChI=1S/C15H13BrCl2N2O/c16-10-5-9(7-19-12-2-3-12)15(20-8-10)21-14-4-1-11(17)6-13(14)18/h1,4-6,8,12,19H,2-3,7H2. The third-order valence-electron chi connectivity index (χ3n) is 3.15. The highest BCUT2D eigenvalue weighted by molar-refractivity contribution is 9.10. The molecular weight excluding hydrogens is 375 g/mol. The first-order valence-corrected chi connectivity index (χ1v) is 8.17. The molecule has 1 N–H and O–H groups in total. The van der Waals surface area contributed by atoms with Gasteiger partial charge >= 0.3 is 0 Å². The maximum Gasteiger partial charge on any atom is 0.223 e. The van der Waals surface area contributed by atoms with Gasteiger partial charge in [0, 0.05) is 33.8 Å². The number of pyridine rings is 1. The van der Waals surface area contributed by atoms with E-state index in [0.29, 0.717) is 27.7 Å². The molecule has 1 aromatic heterocycles. The largest absolute Gasteiger partial charge is 0.437 e. The minimum absolute atomic E-state index is 0.466. The molecule has 0 spiro atoms. The lowest BCUT2D eigenvalue weighted by atomic mass is 10.2. The molecule has 3 rings (SSSR count). The Hall–Kier alpha value is -0.810. The van der Waals surface area contributed by atoms with Crippen molar-refractivity contribution in [1.82, 2.24) is 10.3 Å². The molecule has 0 atom stereocenters. The second kappa shape index (κ2) is 6.53. The van der Waals surface area contributed by atoms with Gasteiger partial charge in [-0.2, -0.15) is 0 Å². The summed E-state index contributed by atoms with van der Waals surface area (Å²) in [6, 6.07) is 7.76. The van der Waals surface area contributed by atoms with E-state index < -0.39 is 0 Å². The van der Waals surface area contributed by atoms with Gasteiger partial charge in [0.2, 0.25) is 5.88 Å². The van der Waals surface area contributed by atoms with Crippen LogP contribution in [0.4, 0.5) is 0 Å². The van der Waals surface area contributed by atoms with E-state index in [1.54, 1.807) is 24.4 Å². The van der Waals surface area contributed by atoms with E-state index in [4.69, 9.17) is 27.9 Å². The van der Waals surface area contributed by atoms with E-state index in [2.05, 4.69) is 26.2 Å². The molecule has 6 heteroatoms. The zero-order valence-corrected chi connectivity index (χ0v) is 14.2. The Morgan fingerprint density at radius 2 is 2.10 bits per heavy atom. The van der Waals surface area contributed by atoms with E-state index >= 15 is 0 Å². The smallest absolute Gasteiger partial charge is 0.223 e. The summed E-state index contributed by atoms with van der Waals surface area (Å²) in [5.41, 5.74) is 0.988. The summed E-state index contributed by atoms with van der Waals surface area (Å²) in [5.74, 6) is 1.10. The molecule has 110 valence electrons. The Morgan fingerprint density at radius 3 is 2.81 bits per heavy atom. The predicted octanol–water partition coefficient (Wildman–Crippen LogP) is 5.20. The Labute approximate surface area is 141 Å². The van der Waals surface area contributed by atoms with Gasteiger partial charge in [0.05, 0.1) is 5.02 Å². The molecule has 2 aromatic rings. The van der Waals surface area contributed by atoms with Crippen molar-refractivity contribution in [1.29, 1.82) is 0 Å². The maximum atomic E-state index is 6.14. The maximum absolute atomic E-state index is 6.14. The number of halogens is 3. The van der Waals surface area contributed by atoms with Crippen molar-refractivity contribution >= 4 is 39.1 Å². The first-order chi connectivity index (χ1) is 10.1. The summed E-state index contributed by atoms with van der Waals surface area (Å²) >= 11 is 15.5. The van der Waals surface area contributed by atoms with Crippen molar-refractivity contribution in [2.45, 2.75) is 25.4 Å². The third-order valence-corrected chi connectivity index (χ3v) is 4.12. The van der Waals surface area contributed by atoms with E-state index in [0.717, 1.165) is 16.6 Å². The van der Waals surface area contributed by atoms with E-state index in [1.165, 1.54) is 12.8 Å². The number of benzene rings is 1. The van der Waals surface area contributed by atoms with Crippen molar-refractivity contribution in [3.63, 3.8) is 0 Å². The average Bonchev–Trinajstić information content (AvgIpc) is 3.26. The lowest BCUT2D eigenvalue weighted by molar-refractivity contribution is 0.452. The van der Waals surface area contributed by atoms with Gasteiger partial charge in [0.15, 0.2) is 0 Å². The van der Waals surface area contributed by atoms with Crippen LogP contribution in [0.2, 0.25) is 10.0 Å². The van der Waals surface area contributed by atoms with Crippen LogP contribution in [-0.2, 0) is 6.54 Å². The SMILES string of the molecule is Clc1ccc(Oc2ncc(Br)cc2CNC2CC2)c(Cl)c1. The Bertz CT molecular complexity index is 662. The van der Waals surface area contributed by atoms with E-state index in [1.807, 2.05) is 6.07 Å². The minimum atomic E-state index is 0.466. The van der Waals surface area contributed by atoms with Crippen LogP contribution in [0.15, 0.2) is 34.9 Å². The number of nitrogens with one attached hydrogen (secondary N) is 1. The van der Waals surface area contributed by atoms with Crippen molar-refractivity contribution in [3.05, 3.63) is 50.5 Å². The third kappa shape index (κ3) is 4.10. The first kappa shape index (κ1) is 15.1. The van der Waals surface area contributed by atoms with Crippen LogP contribution >= 0.6 is 39.1 Å². The van der Waals surface area contributed by atoms with Crippen LogP contribution < -0.4 is 10.1 Å². The number of aromatic nitrogens is 1. The summed E-state index contributed by atoms with van der Waals surface area (Å²) in [7, 11) is 0. The summed E-state index contributed by atoms with van der Waals surface area (Å²) in [5, 5.41) is 4.50. The summed E-state index contributed by atoms with van der Waals surface area (Å²) in [4.78, 5) is 4.33. The molecule has 0 amide bonds. The molecule has 1 aromatic carbocycles. The van der Waals surface area contributed by atoms with Gasteiger partial charge in [-0.1, -0.05) is 23.2 Å². The zero-order chi connectivity index (χ0) is 14.8. The monoisotopic (exact) mass is 386 g/mol. The Morgan fingerprint density at radius 1 is 1.29 bits per heavy atom. The van der Waals surface area contributed by atoms with Crippen LogP contribution in [0.1, 0.15) is 18.4 Å². The molecule has 1 heterocycles. The van der Waals surface area contributed by atoms with E-state index in [-0.39, 0.29) is 0 Å². The fraction of sp³-hybridized carbons (Fsp3) is 0.267. The van der Waals surface area contributed by atoms with Crippen LogP contribution in [0.5, 0.6) is 11.6 Å². The van der Waals surface area contributed by atoms with Crippen molar-refractivity contribution in [2.75, 3.05) is 0 Å². The summed E-state index contributed by atoms with van der Waals surface area (Å²) in [6.45, 7) is 0.720. The topological polar surface area (TPSA) is 34.1 Å². The highest BCUT2D eigenvalue weighted by Crippen LogP contribution is 2.33. The predicted molar refractivity (Wildman–Crippen MR) is 88.3 cm³/mol. The summed E-state index contributed by atoms with van der Waals surface area (Å²) < 4.78 is 6.76. The highest BCUT2D eigenvalue weighted by atomic mass is 79.9. The number of rotatable bonds is 5. The zero-order valence-electron chi connectivity index (χ0n) is 11.1. The number of ether oxygens (including phenoxy) is 1. The van der Waals surface area contributed by atoms with Gasteiger partial charge < -0.3 is 10.1 Å². The van der Waals surface area contributed by atoms with Gasteiger partial charge in [-0.05, 0) is 53.0 Å². The average molecular weight is 388 g/mol. The molecule has 21 heavy (non-hydrogen) atoms. The van der Waals surface area contributed by atoms with Crippen molar-refractivity contribution in [2.24, 2.45) is 0 Å².